The highest BCUT2D eigenvalue weighted by Crippen LogP contribution is 2.52. The second-order valence-electron chi connectivity index (χ2n) is 9.60. The molecule has 1 saturated heterocycles. The fraction of sp³-hybridized carbons (Fsp3) is 0.321. The molecule has 2 heterocycles. The van der Waals surface area contributed by atoms with Crippen molar-refractivity contribution in [3.8, 4) is 5.75 Å². The molecule has 1 aliphatic heterocycles. The minimum absolute atomic E-state index is 0.0543. The maximum Gasteiger partial charge on any atom is 0.416 e. The summed E-state index contributed by atoms with van der Waals surface area (Å²) in [6, 6.07) is 16.5. The van der Waals surface area contributed by atoms with Crippen LogP contribution in [0, 0.1) is 0 Å². The Balaban J connectivity index is 1.36. The molecule has 2 aromatic carbocycles. The number of carbonyl (C=O) groups is 2. The maximum atomic E-state index is 13.9. The minimum atomic E-state index is -4.51. The standard InChI is InChI=1S/C28H26ClF3N4O3/c29-21-8-4-19(5-9-21)26(12-13-26)25(38)36-18-14-27(36,39-22-10-6-20(7-11-22)28(30,31)32)24(37)35-17-16-34-23-3-1-2-15-33-23/h1-11,15H,12-14,16-18H2,(H,33,34)(H,35,37). The maximum absolute atomic E-state index is 13.9. The summed E-state index contributed by atoms with van der Waals surface area (Å²) in [5, 5.41) is 6.44. The predicted octanol–water partition coefficient (Wildman–Crippen LogP) is 5.02. The molecule has 1 aromatic heterocycles. The number of aromatic nitrogens is 1. The van der Waals surface area contributed by atoms with E-state index in [-0.39, 0.29) is 31.2 Å². The number of benzene rings is 2. The molecule has 2 aliphatic rings. The Bertz CT molecular complexity index is 1330. The summed E-state index contributed by atoms with van der Waals surface area (Å²) in [6.07, 6.45) is -1.47. The van der Waals surface area contributed by atoms with E-state index in [0.717, 1.165) is 29.8 Å². The summed E-state index contributed by atoms with van der Waals surface area (Å²) < 4.78 is 45.3. The Morgan fingerprint density at radius 2 is 1.69 bits per heavy atom. The molecule has 5 rings (SSSR count). The summed E-state index contributed by atoms with van der Waals surface area (Å²) in [4.78, 5) is 33.0. The first-order valence-electron chi connectivity index (χ1n) is 12.5. The van der Waals surface area contributed by atoms with Crippen LogP contribution in [0.3, 0.4) is 0 Å². The van der Waals surface area contributed by atoms with Gasteiger partial charge in [-0.25, -0.2) is 4.98 Å². The third-order valence-corrected chi connectivity index (χ3v) is 7.37. The van der Waals surface area contributed by atoms with Crippen molar-refractivity contribution >= 4 is 29.2 Å². The fourth-order valence-electron chi connectivity index (χ4n) is 4.74. The number of ether oxygens (including phenoxy) is 1. The molecule has 1 aliphatic carbocycles. The van der Waals surface area contributed by atoms with E-state index in [1.807, 2.05) is 6.07 Å². The van der Waals surface area contributed by atoms with E-state index in [4.69, 9.17) is 16.3 Å². The molecule has 1 atom stereocenters. The molecule has 39 heavy (non-hydrogen) atoms. The molecule has 1 saturated carbocycles. The lowest BCUT2D eigenvalue weighted by Gasteiger charge is -2.51. The third-order valence-electron chi connectivity index (χ3n) is 7.12. The van der Waals surface area contributed by atoms with Crippen molar-refractivity contribution in [2.24, 2.45) is 0 Å². The average molecular weight is 559 g/mol. The van der Waals surface area contributed by atoms with Crippen LogP contribution in [-0.4, -0.2) is 47.1 Å². The van der Waals surface area contributed by atoms with Crippen molar-refractivity contribution in [2.75, 3.05) is 25.0 Å². The number of nitrogens with one attached hydrogen (secondary N) is 2. The molecule has 2 amide bonds. The van der Waals surface area contributed by atoms with E-state index >= 15 is 0 Å². The van der Waals surface area contributed by atoms with Gasteiger partial charge in [-0.2, -0.15) is 13.2 Å². The van der Waals surface area contributed by atoms with E-state index in [0.29, 0.717) is 30.2 Å². The Kier molecular flexibility index (Phi) is 7.15. The van der Waals surface area contributed by atoms with Crippen LogP contribution in [0.5, 0.6) is 5.75 Å². The van der Waals surface area contributed by atoms with Crippen molar-refractivity contribution in [2.45, 2.75) is 36.6 Å². The van der Waals surface area contributed by atoms with Crippen LogP contribution in [0.1, 0.15) is 30.4 Å². The lowest BCUT2D eigenvalue weighted by Crippen LogP contribution is -2.73. The average Bonchev–Trinajstić information content (AvgIpc) is 3.72. The van der Waals surface area contributed by atoms with Crippen LogP contribution < -0.4 is 15.4 Å². The number of amides is 2. The van der Waals surface area contributed by atoms with E-state index in [1.54, 1.807) is 42.6 Å². The van der Waals surface area contributed by atoms with Crippen LogP contribution in [0.2, 0.25) is 5.02 Å². The number of rotatable bonds is 9. The van der Waals surface area contributed by atoms with Gasteiger partial charge in [-0.05, 0) is 66.9 Å². The van der Waals surface area contributed by atoms with Crippen LogP contribution in [0.25, 0.3) is 0 Å². The highest BCUT2D eigenvalue weighted by Gasteiger charge is 2.63. The van der Waals surface area contributed by atoms with Gasteiger partial charge in [-0.15, -0.1) is 0 Å². The van der Waals surface area contributed by atoms with Crippen molar-refractivity contribution in [1.29, 1.82) is 0 Å². The number of carbonyl (C=O) groups excluding carboxylic acids is 2. The van der Waals surface area contributed by atoms with Crippen molar-refractivity contribution in [3.05, 3.63) is 89.1 Å². The topological polar surface area (TPSA) is 83.6 Å². The van der Waals surface area contributed by atoms with Gasteiger partial charge >= 0.3 is 6.18 Å². The molecule has 2 N–H and O–H groups in total. The molecular formula is C28H26ClF3N4O3. The van der Waals surface area contributed by atoms with Crippen LogP contribution in [0.15, 0.2) is 72.9 Å². The van der Waals surface area contributed by atoms with Gasteiger partial charge in [0.1, 0.15) is 11.6 Å². The summed E-state index contributed by atoms with van der Waals surface area (Å²) >= 11 is 6.03. The first-order chi connectivity index (χ1) is 18.6. The molecule has 204 valence electrons. The third kappa shape index (κ3) is 5.38. The van der Waals surface area contributed by atoms with Crippen LogP contribution in [-0.2, 0) is 21.2 Å². The van der Waals surface area contributed by atoms with Crippen molar-refractivity contribution in [1.82, 2.24) is 15.2 Å². The Morgan fingerprint density at radius 1 is 0.974 bits per heavy atom. The monoisotopic (exact) mass is 558 g/mol. The van der Waals surface area contributed by atoms with Crippen molar-refractivity contribution < 1.29 is 27.5 Å². The molecule has 0 spiro atoms. The van der Waals surface area contributed by atoms with Gasteiger partial charge < -0.3 is 15.4 Å². The number of alkyl halides is 3. The number of likely N-dealkylation sites (tertiary alicyclic amines) is 1. The molecular weight excluding hydrogens is 533 g/mol. The second-order valence-corrected chi connectivity index (χ2v) is 10.0. The summed E-state index contributed by atoms with van der Waals surface area (Å²) in [5.41, 5.74) is -2.52. The highest BCUT2D eigenvalue weighted by molar-refractivity contribution is 6.30. The van der Waals surface area contributed by atoms with E-state index < -0.39 is 28.8 Å². The number of hydrogen-bond acceptors (Lipinski definition) is 5. The number of hydrogen-bond donors (Lipinski definition) is 2. The zero-order valence-corrected chi connectivity index (χ0v) is 21.6. The zero-order chi connectivity index (χ0) is 27.7. The predicted molar refractivity (Wildman–Crippen MR) is 139 cm³/mol. The van der Waals surface area contributed by atoms with Gasteiger partial charge in [0.25, 0.3) is 11.6 Å². The lowest BCUT2D eigenvalue weighted by molar-refractivity contribution is -0.193. The van der Waals surface area contributed by atoms with Crippen LogP contribution >= 0.6 is 11.6 Å². The Morgan fingerprint density at radius 3 is 2.26 bits per heavy atom. The fourth-order valence-corrected chi connectivity index (χ4v) is 4.86. The molecule has 0 bridgehead atoms. The molecule has 0 radical (unpaired) electrons. The minimum Gasteiger partial charge on any atom is -0.458 e. The number of nitrogens with zero attached hydrogens (tertiary/aromatic N) is 2. The lowest BCUT2D eigenvalue weighted by atomic mass is 9.88. The molecule has 7 nitrogen and oxygen atoms in total. The van der Waals surface area contributed by atoms with Crippen molar-refractivity contribution in [3.63, 3.8) is 0 Å². The van der Waals surface area contributed by atoms with Gasteiger partial charge in [-0.3, -0.25) is 14.5 Å². The van der Waals surface area contributed by atoms with Crippen LogP contribution in [0.4, 0.5) is 19.0 Å². The van der Waals surface area contributed by atoms with Gasteiger partial charge in [0.2, 0.25) is 5.91 Å². The number of pyridine rings is 1. The van der Waals surface area contributed by atoms with Gasteiger partial charge in [0.15, 0.2) is 0 Å². The Hall–Kier alpha value is -3.79. The van der Waals surface area contributed by atoms with Gasteiger partial charge in [-0.1, -0.05) is 29.8 Å². The summed E-state index contributed by atoms with van der Waals surface area (Å²) in [5.74, 6) is -0.110. The van der Waals surface area contributed by atoms with Gasteiger partial charge in [0.05, 0.1) is 11.0 Å². The summed E-state index contributed by atoms with van der Waals surface area (Å²) in [6.45, 7) is 0.841. The molecule has 3 aromatic rings. The van der Waals surface area contributed by atoms with E-state index in [9.17, 15) is 22.8 Å². The highest BCUT2D eigenvalue weighted by atomic mass is 35.5. The van der Waals surface area contributed by atoms with E-state index in [2.05, 4.69) is 15.6 Å². The quantitative estimate of drug-likeness (QED) is 0.360. The first kappa shape index (κ1) is 26.8. The SMILES string of the molecule is O=C(N1CCC1(Oc1ccc(C(F)(F)F)cc1)C(=O)NCCNc1ccccn1)C1(c2ccc(Cl)cc2)CC1. The second kappa shape index (κ2) is 10.4. The molecule has 11 heteroatoms. The number of anilines is 1. The Labute approximate surface area is 228 Å². The number of halogens is 4. The largest absolute Gasteiger partial charge is 0.458 e. The first-order valence-corrected chi connectivity index (χ1v) is 12.9. The normalized spacial score (nSPS) is 19.5. The van der Waals surface area contributed by atoms with Gasteiger partial charge in [0, 0.05) is 37.3 Å². The molecule has 1 unspecified atom stereocenters. The molecule has 2 fully saturated rings. The smallest absolute Gasteiger partial charge is 0.416 e. The summed E-state index contributed by atoms with van der Waals surface area (Å²) in [7, 11) is 0. The van der Waals surface area contributed by atoms with E-state index in [1.165, 1.54) is 4.90 Å². The zero-order valence-electron chi connectivity index (χ0n) is 20.8.